The second-order valence-corrected chi connectivity index (χ2v) is 7.44. The first-order chi connectivity index (χ1) is 12.0. The second kappa shape index (κ2) is 11.7. The van der Waals surface area contributed by atoms with Gasteiger partial charge in [0, 0.05) is 31.7 Å². The molecule has 1 unspecified atom stereocenters. The van der Waals surface area contributed by atoms with Crippen LogP contribution in [-0.4, -0.2) is 43.6 Å². The van der Waals surface area contributed by atoms with E-state index in [1.165, 1.54) is 0 Å². The Morgan fingerprint density at radius 2 is 1.88 bits per heavy atom. The third-order valence-corrected chi connectivity index (χ3v) is 5.21. The van der Waals surface area contributed by atoms with Crippen LogP contribution in [-0.2, 0) is 6.54 Å². The third kappa shape index (κ3) is 7.39. The number of nitrogens with zero attached hydrogens (tertiary/aromatic N) is 2. The molecule has 1 aromatic rings. The van der Waals surface area contributed by atoms with E-state index >= 15 is 0 Å². The van der Waals surface area contributed by atoms with Crippen molar-refractivity contribution in [3.05, 3.63) is 35.6 Å². The van der Waals surface area contributed by atoms with Gasteiger partial charge in [-0.1, -0.05) is 32.0 Å². The topological polar surface area (TPSA) is 39.7 Å². The zero-order chi connectivity index (χ0) is 18.2. The molecule has 0 radical (unpaired) electrons. The van der Waals surface area contributed by atoms with Crippen LogP contribution in [0, 0.1) is 17.7 Å². The zero-order valence-corrected chi connectivity index (χ0v) is 18.8. The van der Waals surface area contributed by atoms with E-state index in [9.17, 15) is 4.39 Å². The fourth-order valence-electron chi connectivity index (χ4n) is 3.03. The Kier molecular flexibility index (Phi) is 10.5. The summed E-state index contributed by atoms with van der Waals surface area (Å²) >= 11 is 0. The highest BCUT2D eigenvalue weighted by molar-refractivity contribution is 14.0. The van der Waals surface area contributed by atoms with E-state index in [0.29, 0.717) is 24.4 Å². The van der Waals surface area contributed by atoms with Gasteiger partial charge in [0.25, 0.3) is 0 Å². The Morgan fingerprint density at radius 1 is 1.23 bits per heavy atom. The maximum Gasteiger partial charge on any atom is 0.191 e. The molecule has 1 saturated heterocycles. The van der Waals surface area contributed by atoms with Gasteiger partial charge in [0.2, 0.25) is 0 Å². The molecule has 0 saturated carbocycles. The van der Waals surface area contributed by atoms with Crippen LogP contribution < -0.4 is 10.6 Å². The Labute approximate surface area is 175 Å². The number of halogens is 2. The van der Waals surface area contributed by atoms with Gasteiger partial charge >= 0.3 is 0 Å². The van der Waals surface area contributed by atoms with Crippen molar-refractivity contribution in [3.63, 3.8) is 0 Å². The van der Waals surface area contributed by atoms with E-state index in [1.807, 2.05) is 19.2 Å². The second-order valence-electron chi connectivity index (χ2n) is 7.44. The number of guanidine groups is 1. The van der Waals surface area contributed by atoms with Crippen LogP contribution in [0.4, 0.5) is 4.39 Å². The van der Waals surface area contributed by atoms with Crippen molar-refractivity contribution in [1.29, 1.82) is 0 Å². The molecule has 148 valence electrons. The standard InChI is InChI=1S/C20H33FN4.HI/c1-15(2)16(3)24-20(22-4)23-13-17-9-11-25(12-10-17)14-18-7-5-6-8-19(18)21;/h5-8,15-17H,9-14H2,1-4H3,(H2,22,23,24);1H. The number of nitrogens with one attached hydrogen (secondary N) is 2. The van der Waals surface area contributed by atoms with Crippen molar-refractivity contribution < 1.29 is 4.39 Å². The van der Waals surface area contributed by atoms with Crippen molar-refractivity contribution >= 4 is 29.9 Å². The molecular weight excluding hydrogens is 442 g/mol. The summed E-state index contributed by atoms with van der Waals surface area (Å²) < 4.78 is 13.8. The highest BCUT2D eigenvalue weighted by Crippen LogP contribution is 2.19. The first-order valence-corrected chi connectivity index (χ1v) is 9.42. The molecule has 0 aromatic heterocycles. The molecule has 1 aliphatic heterocycles. The summed E-state index contributed by atoms with van der Waals surface area (Å²) in [5.74, 6) is 2.00. The van der Waals surface area contributed by atoms with Gasteiger partial charge in [-0.2, -0.15) is 0 Å². The fourth-order valence-corrected chi connectivity index (χ4v) is 3.03. The van der Waals surface area contributed by atoms with Crippen LogP contribution in [0.1, 0.15) is 39.2 Å². The summed E-state index contributed by atoms with van der Waals surface area (Å²) in [7, 11) is 1.82. The van der Waals surface area contributed by atoms with E-state index in [-0.39, 0.29) is 29.8 Å². The first kappa shape index (κ1) is 23.1. The summed E-state index contributed by atoms with van der Waals surface area (Å²) in [6.45, 7) is 10.3. The van der Waals surface area contributed by atoms with Crippen LogP contribution in [0.15, 0.2) is 29.3 Å². The van der Waals surface area contributed by atoms with Gasteiger partial charge in [0.1, 0.15) is 5.82 Å². The van der Waals surface area contributed by atoms with Gasteiger partial charge in [-0.05, 0) is 50.8 Å². The predicted octanol–water partition coefficient (Wildman–Crippen LogP) is 3.87. The number of piperidine rings is 1. The zero-order valence-electron chi connectivity index (χ0n) is 16.5. The molecular formula is C20H34FIN4. The molecule has 1 heterocycles. The maximum absolute atomic E-state index is 13.8. The van der Waals surface area contributed by atoms with Gasteiger partial charge in [-0.3, -0.25) is 9.89 Å². The number of hydrogen-bond acceptors (Lipinski definition) is 2. The van der Waals surface area contributed by atoms with Crippen molar-refractivity contribution in [2.24, 2.45) is 16.8 Å². The largest absolute Gasteiger partial charge is 0.356 e. The molecule has 1 aromatic carbocycles. The highest BCUT2D eigenvalue weighted by atomic mass is 127. The Bertz CT molecular complexity index is 556. The first-order valence-electron chi connectivity index (χ1n) is 9.42. The van der Waals surface area contributed by atoms with E-state index < -0.39 is 0 Å². The minimum atomic E-state index is -0.0968. The van der Waals surface area contributed by atoms with Crippen LogP contribution >= 0.6 is 24.0 Å². The lowest BCUT2D eigenvalue weighted by molar-refractivity contribution is 0.176. The van der Waals surface area contributed by atoms with Crippen LogP contribution in [0.2, 0.25) is 0 Å². The molecule has 2 N–H and O–H groups in total. The maximum atomic E-state index is 13.8. The van der Waals surface area contributed by atoms with Crippen molar-refractivity contribution in [1.82, 2.24) is 15.5 Å². The Hall–Kier alpha value is -0.890. The molecule has 0 amide bonds. The molecule has 1 aliphatic rings. The van der Waals surface area contributed by atoms with Gasteiger partial charge in [0.15, 0.2) is 5.96 Å². The number of aliphatic imine (C=N–C) groups is 1. The van der Waals surface area contributed by atoms with Gasteiger partial charge in [0.05, 0.1) is 0 Å². The average Bonchev–Trinajstić information content (AvgIpc) is 2.61. The summed E-state index contributed by atoms with van der Waals surface area (Å²) in [5.41, 5.74) is 0.798. The van der Waals surface area contributed by atoms with Crippen molar-refractivity contribution in [3.8, 4) is 0 Å². The predicted molar refractivity (Wildman–Crippen MR) is 119 cm³/mol. The number of benzene rings is 1. The monoisotopic (exact) mass is 476 g/mol. The molecule has 1 atom stereocenters. The molecule has 0 bridgehead atoms. The van der Waals surface area contributed by atoms with Gasteiger partial charge < -0.3 is 10.6 Å². The molecule has 6 heteroatoms. The van der Waals surface area contributed by atoms with Crippen LogP contribution in [0.3, 0.4) is 0 Å². The van der Waals surface area contributed by atoms with E-state index in [4.69, 9.17) is 0 Å². The number of hydrogen-bond donors (Lipinski definition) is 2. The summed E-state index contributed by atoms with van der Waals surface area (Å²) in [6.07, 6.45) is 2.27. The minimum Gasteiger partial charge on any atom is -0.356 e. The normalized spacial score (nSPS) is 17.7. The molecule has 0 aliphatic carbocycles. The van der Waals surface area contributed by atoms with E-state index in [0.717, 1.165) is 44.0 Å². The lowest BCUT2D eigenvalue weighted by Crippen LogP contribution is -2.46. The smallest absolute Gasteiger partial charge is 0.191 e. The Morgan fingerprint density at radius 3 is 2.46 bits per heavy atom. The average molecular weight is 476 g/mol. The summed E-state index contributed by atoms with van der Waals surface area (Å²) in [4.78, 5) is 6.67. The molecule has 2 rings (SSSR count). The SMILES string of the molecule is CN=C(NCC1CCN(Cc2ccccc2F)CC1)NC(C)C(C)C.I. The summed E-state index contributed by atoms with van der Waals surface area (Å²) in [6, 6.07) is 7.48. The lowest BCUT2D eigenvalue weighted by Gasteiger charge is -2.32. The minimum absolute atomic E-state index is 0. The summed E-state index contributed by atoms with van der Waals surface area (Å²) in [5, 5.41) is 6.90. The van der Waals surface area contributed by atoms with E-state index in [2.05, 4.69) is 41.3 Å². The Balaban J connectivity index is 0.00000338. The molecule has 26 heavy (non-hydrogen) atoms. The van der Waals surface area contributed by atoms with Gasteiger partial charge in [-0.25, -0.2) is 4.39 Å². The third-order valence-electron chi connectivity index (χ3n) is 5.21. The van der Waals surface area contributed by atoms with Crippen LogP contribution in [0.5, 0.6) is 0 Å². The quantitative estimate of drug-likeness (QED) is 0.372. The van der Waals surface area contributed by atoms with Gasteiger partial charge in [-0.15, -0.1) is 24.0 Å². The van der Waals surface area contributed by atoms with Crippen molar-refractivity contribution in [2.75, 3.05) is 26.7 Å². The van der Waals surface area contributed by atoms with Crippen molar-refractivity contribution in [2.45, 2.75) is 46.2 Å². The fraction of sp³-hybridized carbons (Fsp3) is 0.650. The number of rotatable bonds is 6. The lowest BCUT2D eigenvalue weighted by atomic mass is 9.96. The highest BCUT2D eigenvalue weighted by Gasteiger charge is 2.20. The molecule has 1 fully saturated rings. The number of likely N-dealkylation sites (tertiary alicyclic amines) is 1. The van der Waals surface area contributed by atoms with Crippen LogP contribution in [0.25, 0.3) is 0 Å². The molecule has 4 nitrogen and oxygen atoms in total. The van der Waals surface area contributed by atoms with E-state index in [1.54, 1.807) is 12.1 Å². The molecule has 0 spiro atoms.